The van der Waals surface area contributed by atoms with Crippen LogP contribution in [0.4, 0.5) is 4.79 Å². The van der Waals surface area contributed by atoms with Gasteiger partial charge < -0.3 is 19.8 Å². The maximum atomic E-state index is 12.7. The van der Waals surface area contributed by atoms with Crippen LogP contribution in [-0.4, -0.2) is 90.8 Å². The largest absolute Gasteiger partial charge is 0.548 e. The first-order valence-electron chi connectivity index (χ1n) is 8.66. The molecule has 3 heterocycles. The van der Waals surface area contributed by atoms with Crippen molar-refractivity contribution in [2.75, 3.05) is 13.1 Å². The van der Waals surface area contributed by atoms with Gasteiger partial charge in [-0.05, 0) is 12.9 Å². The number of urea groups is 1. The lowest BCUT2D eigenvalue weighted by molar-refractivity contribution is -0.0185. The molecule has 0 saturated carbocycles. The highest BCUT2D eigenvalue weighted by Crippen LogP contribution is 2.35. The number of nitrogens with zero attached hydrogens (tertiary/aromatic N) is 4. The molecule has 3 rings (SSSR count). The summed E-state index contributed by atoms with van der Waals surface area (Å²) in [7, 11) is -5.90. The van der Waals surface area contributed by atoms with E-state index in [9.17, 15) is 18.2 Å². The van der Waals surface area contributed by atoms with Crippen molar-refractivity contribution >= 4 is 60.0 Å². The van der Waals surface area contributed by atoms with Crippen LogP contribution in [0.2, 0.25) is 6.82 Å². The summed E-state index contributed by atoms with van der Waals surface area (Å²) in [6.45, 7) is 1.65. The Morgan fingerprint density at radius 2 is 2.40 bits per heavy atom. The van der Waals surface area contributed by atoms with Crippen molar-refractivity contribution in [2.24, 2.45) is 4.99 Å². The average molecular weight is 456 g/mol. The molecule has 1 aromatic heterocycles. The second kappa shape index (κ2) is 9.13. The second-order valence-electron chi connectivity index (χ2n) is 6.34. The van der Waals surface area contributed by atoms with E-state index in [1.54, 1.807) is 17.7 Å². The molecule has 2 bridgehead atoms. The van der Waals surface area contributed by atoms with Gasteiger partial charge in [0.25, 0.3) is 0 Å². The number of fused-ring (bicyclic) bond motifs is 2. The Bertz CT molecular complexity index is 955. The molecule has 0 aliphatic carbocycles. The highest BCUT2D eigenvalue weighted by molar-refractivity contribution is 7.80. The predicted octanol–water partition coefficient (Wildman–Crippen LogP) is -1.22. The lowest BCUT2D eigenvalue weighted by Crippen LogP contribution is -2.44. The Kier molecular flexibility index (Phi) is 6.77. The third-order valence-corrected chi connectivity index (χ3v) is 5.39. The number of aromatic nitrogens is 1. The molecule has 2 aliphatic heterocycles. The number of aliphatic imine (C=N–C) groups is 1. The Balaban J connectivity index is 1.91. The minimum atomic E-state index is -4.88. The van der Waals surface area contributed by atoms with E-state index in [1.807, 2.05) is 0 Å². The first-order valence-corrected chi connectivity index (χ1v) is 10.9. The first kappa shape index (κ1) is 22.2. The number of carbonyl (C=O) groups excluding carboxylic acids is 1. The summed E-state index contributed by atoms with van der Waals surface area (Å²) in [5, 5.41) is 22.2. The van der Waals surface area contributed by atoms with Crippen LogP contribution in [0.1, 0.15) is 5.01 Å². The molecule has 160 valence electrons. The molecule has 13 nitrogen and oxygen atoms in total. The topological polar surface area (TPSA) is 178 Å². The van der Waals surface area contributed by atoms with Gasteiger partial charge in [-0.2, -0.15) is 13.5 Å². The van der Waals surface area contributed by atoms with Gasteiger partial charge in [0.1, 0.15) is 11.4 Å². The summed E-state index contributed by atoms with van der Waals surface area (Å²) in [5.74, 6) is 0. The fraction of sp³-hybridized carbons (Fsp3) is 0.385. The Morgan fingerprint density at radius 3 is 3.00 bits per heavy atom. The monoisotopic (exact) mass is 456 g/mol. The van der Waals surface area contributed by atoms with Crippen molar-refractivity contribution < 1.29 is 31.7 Å². The van der Waals surface area contributed by atoms with Gasteiger partial charge in [-0.3, -0.25) is 15.0 Å². The third-order valence-electron chi connectivity index (χ3n) is 4.21. The zero-order chi connectivity index (χ0) is 21.9. The van der Waals surface area contributed by atoms with Crippen LogP contribution in [0.5, 0.6) is 0 Å². The molecular formula is C13H18B2N6O7S2. The van der Waals surface area contributed by atoms with Crippen LogP contribution in [0.3, 0.4) is 0 Å². The van der Waals surface area contributed by atoms with E-state index in [2.05, 4.69) is 19.5 Å². The van der Waals surface area contributed by atoms with E-state index in [0.29, 0.717) is 15.6 Å². The van der Waals surface area contributed by atoms with Crippen LogP contribution in [0, 0.1) is 5.41 Å². The van der Waals surface area contributed by atoms with Gasteiger partial charge in [-0.25, -0.2) is 9.78 Å². The SMILES string of the molecule is CB(O)N/C(BOC=N)=N\C[C@@H]1C(c2nccs2)=C[C@@H]2CN1C(=O)N2OS(=O)(=O)O. The van der Waals surface area contributed by atoms with Crippen LogP contribution in [-0.2, 0) is 19.3 Å². The van der Waals surface area contributed by atoms with E-state index in [4.69, 9.17) is 14.6 Å². The molecule has 30 heavy (non-hydrogen) atoms. The van der Waals surface area contributed by atoms with Crippen molar-refractivity contribution in [3.63, 3.8) is 0 Å². The standard InChI is InChI=1S/C13H18B2N6O7S2/c1-15(23)19-12(14-27-7-16)18-5-10-9(11-17-2-3-29-11)4-8-6-20(10)13(22)21(8)28-30(24,25)26/h2-4,7-8,10,14,16,23H,5-6H2,1H3,(H,18,19)(H,24,25,26)/t8-,10-/m1/s1. The molecule has 1 fully saturated rings. The van der Waals surface area contributed by atoms with Crippen LogP contribution in [0.15, 0.2) is 22.6 Å². The smallest absolute Gasteiger partial charge is 0.418 e. The minimum Gasteiger partial charge on any atom is -0.548 e. The lowest BCUT2D eigenvalue weighted by Gasteiger charge is -2.30. The van der Waals surface area contributed by atoms with Crippen molar-refractivity contribution in [1.82, 2.24) is 20.2 Å². The van der Waals surface area contributed by atoms with Gasteiger partial charge in [0.2, 0.25) is 0 Å². The summed E-state index contributed by atoms with van der Waals surface area (Å²) >= 11 is 1.34. The van der Waals surface area contributed by atoms with E-state index in [0.717, 1.165) is 6.40 Å². The van der Waals surface area contributed by atoms with Crippen molar-refractivity contribution in [3.05, 3.63) is 22.7 Å². The van der Waals surface area contributed by atoms with Crippen molar-refractivity contribution in [3.8, 4) is 0 Å². The summed E-state index contributed by atoms with van der Waals surface area (Å²) < 4.78 is 40.6. The Morgan fingerprint density at radius 1 is 1.63 bits per heavy atom. The first-order chi connectivity index (χ1) is 14.2. The maximum Gasteiger partial charge on any atom is 0.418 e. The van der Waals surface area contributed by atoms with E-state index in [1.165, 1.54) is 23.1 Å². The van der Waals surface area contributed by atoms with Crippen molar-refractivity contribution in [2.45, 2.75) is 18.9 Å². The van der Waals surface area contributed by atoms with Crippen LogP contribution in [0.25, 0.3) is 5.57 Å². The number of amidine groups is 1. The normalized spacial score (nSPS) is 21.4. The van der Waals surface area contributed by atoms with Crippen LogP contribution < -0.4 is 5.23 Å². The number of hydrogen-bond donors (Lipinski definition) is 4. The molecule has 17 heteroatoms. The summed E-state index contributed by atoms with van der Waals surface area (Å²) in [4.78, 5) is 22.7. The number of thiazole rings is 1. The van der Waals surface area contributed by atoms with Gasteiger partial charge in [-0.15, -0.1) is 15.6 Å². The highest BCUT2D eigenvalue weighted by Gasteiger charge is 2.48. The molecule has 4 N–H and O–H groups in total. The third kappa shape index (κ3) is 5.17. The molecule has 0 radical (unpaired) electrons. The average Bonchev–Trinajstić information content (AvgIpc) is 3.27. The Labute approximate surface area is 177 Å². The number of nitrogens with one attached hydrogen (secondary N) is 2. The summed E-state index contributed by atoms with van der Waals surface area (Å²) in [6, 6.07) is -2.10. The number of amides is 2. The number of hydrogen-bond acceptors (Lipinski definition) is 10. The maximum absolute atomic E-state index is 12.7. The van der Waals surface area contributed by atoms with Crippen molar-refractivity contribution in [1.29, 1.82) is 5.41 Å². The number of hydroxylamine groups is 2. The zero-order valence-electron chi connectivity index (χ0n) is 15.7. The van der Waals surface area contributed by atoms with Gasteiger partial charge in [0.05, 0.1) is 24.4 Å². The molecule has 0 aromatic carbocycles. The molecule has 0 unspecified atom stereocenters. The highest BCUT2D eigenvalue weighted by atomic mass is 32.3. The predicted molar refractivity (Wildman–Crippen MR) is 111 cm³/mol. The fourth-order valence-electron chi connectivity index (χ4n) is 3.15. The van der Waals surface area contributed by atoms with Gasteiger partial charge in [0.15, 0.2) is 0 Å². The van der Waals surface area contributed by atoms with Gasteiger partial charge >= 0.3 is 31.0 Å². The molecule has 2 amide bonds. The quantitative estimate of drug-likeness (QED) is 0.154. The van der Waals surface area contributed by atoms with Gasteiger partial charge in [0, 0.05) is 23.7 Å². The molecule has 2 aliphatic rings. The fourth-order valence-corrected chi connectivity index (χ4v) is 4.24. The molecule has 0 spiro atoms. The molecule has 2 atom stereocenters. The lowest BCUT2D eigenvalue weighted by atomic mass is 9.84. The Hall–Kier alpha value is -2.46. The van der Waals surface area contributed by atoms with E-state index < -0.39 is 35.6 Å². The van der Waals surface area contributed by atoms with Crippen LogP contribution >= 0.6 is 11.3 Å². The number of carbonyl (C=O) groups is 1. The van der Waals surface area contributed by atoms with Gasteiger partial charge in [-0.1, -0.05) is 0 Å². The molecule has 1 aromatic rings. The minimum absolute atomic E-state index is 0.0417. The van der Waals surface area contributed by atoms with E-state index >= 15 is 0 Å². The van der Waals surface area contributed by atoms with E-state index in [-0.39, 0.29) is 26.3 Å². The summed E-state index contributed by atoms with van der Waals surface area (Å²) in [6.07, 6.45) is 3.99. The molecular weight excluding hydrogens is 438 g/mol. The number of rotatable bonds is 9. The second-order valence-corrected chi connectivity index (χ2v) is 8.24. The zero-order valence-corrected chi connectivity index (χ0v) is 17.3. The molecule has 1 saturated heterocycles. The summed E-state index contributed by atoms with van der Waals surface area (Å²) in [5.41, 5.74) is 0.899.